The molecule has 2 aliphatic rings. The van der Waals surface area contributed by atoms with Gasteiger partial charge in [-0.1, -0.05) is 35.9 Å². The van der Waals surface area contributed by atoms with Crippen LogP contribution in [0.15, 0.2) is 35.7 Å². The number of fused-ring (bicyclic) bond motifs is 1. The minimum absolute atomic E-state index is 0.0178. The van der Waals surface area contributed by atoms with Crippen molar-refractivity contribution in [1.82, 2.24) is 15.1 Å². The summed E-state index contributed by atoms with van der Waals surface area (Å²) < 4.78 is 0. The second kappa shape index (κ2) is 8.23. The summed E-state index contributed by atoms with van der Waals surface area (Å²) in [5, 5.41) is 5.41. The van der Waals surface area contributed by atoms with Crippen LogP contribution < -0.4 is 5.32 Å². The Morgan fingerprint density at radius 3 is 2.46 bits per heavy atom. The maximum Gasteiger partial charge on any atom is 0.263 e. The lowest BCUT2D eigenvalue weighted by Crippen LogP contribution is -2.42. The number of amides is 2. The van der Waals surface area contributed by atoms with Crippen LogP contribution in [0.5, 0.6) is 0 Å². The van der Waals surface area contributed by atoms with Crippen molar-refractivity contribution < 1.29 is 9.59 Å². The first-order valence-corrected chi connectivity index (χ1v) is 10.8. The molecule has 4 rings (SSSR count). The molecule has 0 saturated carbocycles. The third-order valence-electron chi connectivity index (χ3n) is 5.59. The maximum atomic E-state index is 13.1. The molecule has 0 bridgehead atoms. The van der Waals surface area contributed by atoms with E-state index in [1.165, 1.54) is 22.5 Å². The van der Waals surface area contributed by atoms with Crippen molar-refractivity contribution in [1.29, 1.82) is 0 Å². The van der Waals surface area contributed by atoms with Crippen LogP contribution in [-0.4, -0.2) is 47.8 Å². The number of carbonyl (C=O) groups excluding carboxylic acids is 2. The van der Waals surface area contributed by atoms with Gasteiger partial charge in [-0.05, 0) is 42.5 Å². The highest BCUT2D eigenvalue weighted by Gasteiger charge is 2.32. The predicted molar refractivity (Wildman–Crippen MR) is 112 cm³/mol. The molecule has 148 valence electrons. The zero-order chi connectivity index (χ0) is 19.7. The summed E-state index contributed by atoms with van der Waals surface area (Å²) in [5.74, 6) is 0.0565. The number of carbonyl (C=O) groups is 2. The summed E-state index contributed by atoms with van der Waals surface area (Å²) in [6, 6.07) is 10.0. The van der Waals surface area contributed by atoms with Crippen LogP contribution in [0.1, 0.15) is 33.6 Å². The van der Waals surface area contributed by atoms with E-state index < -0.39 is 0 Å². The Bertz CT molecular complexity index is 859. The number of likely N-dealkylation sites (tertiary alicyclic amines) is 1. The number of nitrogens with zero attached hydrogens (tertiary/aromatic N) is 2. The van der Waals surface area contributed by atoms with Gasteiger partial charge in [0.25, 0.3) is 5.91 Å². The lowest BCUT2D eigenvalue weighted by molar-refractivity contribution is -0.136. The number of rotatable bonds is 3. The molecule has 2 aliphatic heterocycles. The fourth-order valence-corrected chi connectivity index (χ4v) is 5.23. The molecule has 1 aromatic carbocycles. The van der Waals surface area contributed by atoms with Gasteiger partial charge >= 0.3 is 0 Å². The predicted octanol–water partition coefficient (Wildman–Crippen LogP) is 3.38. The van der Waals surface area contributed by atoms with E-state index in [0.29, 0.717) is 23.0 Å². The summed E-state index contributed by atoms with van der Waals surface area (Å²) in [6.45, 7) is 2.86. The number of halogens is 1. The molecule has 2 amide bonds. The fraction of sp³-hybridized carbons (Fsp3) is 0.429. The number of likely N-dealkylation sites (N-methyl/N-ethyl adjacent to an activating group) is 1. The summed E-state index contributed by atoms with van der Waals surface area (Å²) in [5.41, 5.74) is 2.49. The third kappa shape index (κ3) is 4.09. The van der Waals surface area contributed by atoms with Crippen LogP contribution in [0.4, 0.5) is 0 Å². The smallest absolute Gasteiger partial charge is 0.263 e. The van der Waals surface area contributed by atoms with Gasteiger partial charge in [-0.15, -0.1) is 11.3 Å². The zero-order valence-electron chi connectivity index (χ0n) is 15.9. The van der Waals surface area contributed by atoms with Crippen molar-refractivity contribution in [2.24, 2.45) is 5.92 Å². The number of benzene rings is 1. The normalized spacial score (nSPS) is 22.6. The van der Waals surface area contributed by atoms with Crippen molar-refractivity contribution in [2.75, 3.05) is 20.1 Å². The maximum absolute atomic E-state index is 13.1. The summed E-state index contributed by atoms with van der Waals surface area (Å²) >= 11 is 7.43. The molecule has 3 heterocycles. The van der Waals surface area contributed by atoms with Gasteiger partial charge in [0, 0.05) is 32.2 Å². The highest BCUT2D eigenvalue weighted by molar-refractivity contribution is 7.12. The van der Waals surface area contributed by atoms with Gasteiger partial charge in [-0.3, -0.25) is 9.59 Å². The molecule has 0 spiro atoms. The Hall–Kier alpha value is -1.89. The largest absolute Gasteiger partial charge is 0.347 e. The minimum Gasteiger partial charge on any atom is -0.347 e. The average Bonchev–Trinajstić information content (AvgIpc) is 3.25. The number of hydrogen-bond acceptors (Lipinski definition) is 4. The third-order valence-corrected chi connectivity index (χ3v) is 6.93. The second-order valence-electron chi connectivity index (χ2n) is 7.73. The molecule has 7 heteroatoms. The molecule has 5 nitrogen and oxygen atoms in total. The van der Waals surface area contributed by atoms with E-state index in [9.17, 15) is 9.59 Å². The van der Waals surface area contributed by atoms with Gasteiger partial charge in [0.15, 0.2) is 0 Å². The highest BCUT2D eigenvalue weighted by Crippen LogP contribution is 2.27. The quantitative estimate of drug-likeness (QED) is 0.832. The summed E-state index contributed by atoms with van der Waals surface area (Å²) in [6.07, 6.45) is 1.56. The molecule has 0 aliphatic carbocycles. The summed E-state index contributed by atoms with van der Waals surface area (Å²) in [7, 11) is 2.02. The second-order valence-corrected chi connectivity index (χ2v) is 9.05. The Morgan fingerprint density at radius 2 is 1.82 bits per heavy atom. The zero-order valence-corrected chi connectivity index (χ0v) is 17.4. The molecule has 1 saturated heterocycles. The van der Waals surface area contributed by atoms with Crippen LogP contribution in [0.25, 0.3) is 0 Å². The van der Waals surface area contributed by atoms with E-state index in [2.05, 4.69) is 22.3 Å². The van der Waals surface area contributed by atoms with Crippen molar-refractivity contribution in [2.45, 2.75) is 32.0 Å². The first kappa shape index (κ1) is 19.4. The van der Waals surface area contributed by atoms with E-state index >= 15 is 0 Å². The van der Waals surface area contributed by atoms with Crippen molar-refractivity contribution in [3.63, 3.8) is 0 Å². The van der Waals surface area contributed by atoms with Crippen LogP contribution in [0, 0.1) is 5.92 Å². The van der Waals surface area contributed by atoms with Gasteiger partial charge in [-0.2, -0.15) is 0 Å². The minimum atomic E-state index is -0.127. The molecule has 1 aromatic heterocycles. The SMILES string of the molecule is CN1C[C@@H](NC(=O)c2sccc2Cl)CC[C@@H](C(=O)N2Cc3ccccc3C2)C1. The lowest BCUT2D eigenvalue weighted by Gasteiger charge is -2.24. The molecule has 2 atom stereocenters. The Labute approximate surface area is 174 Å². The van der Waals surface area contributed by atoms with E-state index in [0.717, 1.165) is 25.9 Å². The van der Waals surface area contributed by atoms with Gasteiger partial charge in [0.2, 0.25) is 5.91 Å². The fourth-order valence-electron chi connectivity index (χ4n) is 4.19. The Morgan fingerprint density at radius 1 is 1.11 bits per heavy atom. The topological polar surface area (TPSA) is 52.7 Å². The lowest BCUT2D eigenvalue weighted by atomic mass is 10.0. The van der Waals surface area contributed by atoms with Crippen molar-refractivity contribution in [3.8, 4) is 0 Å². The molecule has 2 aromatic rings. The van der Waals surface area contributed by atoms with E-state index in [1.807, 2.05) is 29.5 Å². The monoisotopic (exact) mass is 417 g/mol. The standard InChI is InChI=1S/C21H24ClN3O2S/c1-24-10-16(21(27)25-11-14-4-2-3-5-15(14)12-25)6-7-17(13-24)23-20(26)19-18(22)8-9-28-19/h2-5,8-9,16-17H,6-7,10-13H2,1H3,(H,23,26)/t16-,17+/m1/s1. The van der Waals surface area contributed by atoms with E-state index in [-0.39, 0.29) is 23.8 Å². The van der Waals surface area contributed by atoms with Crippen molar-refractivity contribution in [3.05, 3.63) is 56.7 Å². The highest BCUT2D eigenvalue weighted by atomic mass is 35.5. The number of thiophene rings is 1. The van der Waals surface area contributed by atoms with Gasteiger partial charge in [-0.25, -0.2) is 0 Å². The van der Waals surface area contributed by atoms with Gasteiger partial charge < -0.3 is 15.1 Å². The first-order chi connectivity index (χ1) is 13.5. The number of nitrogens with one attached hydrogen (secondary N) is 1. The van der Waals surface area contributed by atoms with Crippen molar-refractivity contribution >= 4 is 34.8 Å². The van der Waals surface area contributed by atoms with Crippen LogP contribution in [0.3, 0.4) is 0 Å². The van der Waals surface area contributed by atoms with Gasteiger partial charge in [0.1, 0.15) is 4.88 Å². The van der Waals surface area contributed by atoms with E-state index in [4.69, 9.17) is 11.6 Å². The molecule has 0 unspecified atom stereocenters. The molecule has 1 fully saturated rings. The van der Waals surface area contributed by atoms with E-state index in [1.54, 1.807) is 6.07 Å². The molecule has 1 N–H and O–H groups in total. The Kier molecular flexibility index (Phi) is 5.71. The molecule has 28 heavy (non-hydrogen) atoms. The van der Waals surface area contributed by atoms with Crippen LogP contribution in [0.2, 0.25) is 5.02 Å². The average molecular weight is 418 g/mol. The Balaban J connectivity index is 1.37. The van der Waals surface area contributed by atoms with Crippen LogP contribution in [-0.2, 0) is 17.9 Å². The first-order valence-electron chi connectivity index (χ1n) is 9.59. The summed E-state index contributed by atoms with van der Waals surface area (Å²) in [4.78, 5) is 30.3. The number of hydrogen-bond donors (Lipinski definition) is 1. The van der Waals surface area contributed by atoms with Crippen LogP contribution >= 0.6 is 22.9 Å². The molecular formula is C21H24ClN3O2S. The molecule has 0 radical (unpaired) electrons. The molecular weight excluding hydrogens is 394 g/mol. The van der Waals surface area contributed by atoms with Gasteiger partial charge in [0.05, 0.1) is 10.9 Å².